The summed E-state index contributed by atoms with van der Waals surface area (Å²) in [6.07, 6.45) is 1.33. The van der Waals surface area contributed by atoms with E-state index >= 15 is 0 Å². The predicted octanol–water partition coefficient (Wildman–Crippen LogP) is 1.64. The summed E-state index contributed by atoms with van der Waals surface area (Å²) in [6, 6.07) is 8.54. The number of amides is 1. The van der Waals surface area contributed by atoms with Crippen molar-refractivity contribution >= 4 is 18.5 Å². The molecular formula is C14H13FN2O2S. The van der Waals surface area contributed by atoms with E-state index in [1.54, 1.807) is 6.07 Å². The molecule has 0 aliphatic rings. The van der Waals surface area contributed by atoms with Crippen molar-refractivity contribution in [2.24, 2.45) is 0 Å². The summed E-state index contributed by atoms with van der Waals surface area (Å²) in [5.74, 6) is -0.342. The minimum atomic E-state index is -0.525. The largest absolute Gasteiger partial charge is 0.351 e. The van der Waals surface area contributed by atoms with Gasteiger partial charge in [-0.25, -0.2) is 4.39 Å². The van der Waals surface area contributed by atoms with Gasteiger partial charge in [0.1, 0.15) is 5.82 Å². The van der Waals surface area contributed by atoms with Crippen LogP contribution in [-0.4, -0.2) is 22.8 Å². The third-order valence-corrected chi connectivity index (χ3v) is 2.91. The van der Waals surface area contributed by atoms with Gasteiger partial charge in [-0.3, -0.25) is 14.2 Å². The molecule has 4 nitrogen and oxygen atoms in total. The van der Waals surface area contributed by atoms with Crippen molar-refractivity contribution in [2.75, 3.05) is 12.3 Å². The number of hydrogen-bond acceptors (Lipinski definition) is 3. The van der Waals surface area contributed by atoms with Crippen molar-refractivity contribution in [2.45, 2.75) is 0 Å². The molecule has 0 aliphatic heterocycles. The Balaban J connectivity index is 2.42. The Bertz CT molecular complexity index is 685. The van der Waals surface area contributed by atoms with Crippen LogP contribution in [-0.2, 0) is 0 Å². The van der Waals surface area contributed by atoms with Gasteiger partial charge in [0, 0.05) is 24.6 Å². The molecule has 1 aromatic carbocycles. The highest BCUT2D eigenvalue weighted by molar-refractivity contribution is 7.80. The number of halogens is 1. The van der Waals surface area contributed by atoms with Gasteiger partial charge in [-0.15, -0.1) is 0 Å². The summed E-state index contributed by atoms with van der Waals surface area (Å²) >= 11 is 4.00. The third-order valence-electron chi connectivity index (χ3n) is 2.68. The van der Waals surface area contributed by atoms with Crippen LogP contribution in [0.25, 0.3) is 5.69 Å². The molecule has 1 heterocycles. The lowest BCUT2D eigenvalue weighted by Gasteiger charge is -2.09. The molecule has 2 rings (SSSR count). The van der Waals surface area contributed by atoms with Crippen LogP contribution in [0.15, 0.2) is 47.4 Å². The summed E-state index contributed by atoms with van der Waals surface area (Å²) < 4.78 is 14.8. The number of para-hydroxylation sites is 1. The lowest BCUT2D eigenvalue weighted by molar-refractivity contribution is 0.0955. The number of nitrogens with zero attached hydrogens (tertiary/aromatic N) is 1. The molecule has 1 N–H and O–H groups in total. The highest BCUT2D eigenvalue weighted by Gasteiger charge is 2.10. The van der Waals surface area contributed by atoms with Gasteiger partial charge in [-0.05, 0) is 18.2 Å². The van der Waals surface area contributed by atoms with Crippen LogP contribution < -0.4 is 10.9 Å². The van der Waals surface area contributed by atoms with Gasteiger partial charge < -0.3 is 5.32 Å². The number of aromatic nitrogens is 1. The van der Waals surface area contributed by atoms with Crippen LogP contribution in [0, 0.1) is 5.82 Å². The van der Waals surface area contributed by atoms with Gasteiger partial charge in [0.05, 0.1) is 11.3 Å². The van der Waals surface area contributed by atoms with E-state index in [4.69, 9.17) is 0 Å². The Morgan fingerprint density at radius 3 is 2.70 bits per heavy atom. The number of nitrogens with one attached hydrogen (secondary N) is 1. The fraction of sp³-hybridized carbons (Fsp3) is 0.143. The molecule has 0 saturated carbocycles. The summed E-state index contributed by atoms with van der Waals surface area (Å²) in [7, 11) is 0. The summed E-state index contributed by atoms with van der Waals surface area (Å²) in [6.45, 7) is 0.417. The molecule has 0 aliphatic carbocycles. The van der Waals surface area contributed by atoms with Gasteiger partial charge in [0.25, 0.3) is 11.5 Å². The van der Waals surface area contributed by atoms with Crippen molar-refractivity contribution in [3.8, 4) is 5.69 Å². The minimum Gasteiger partial charge on any atom is -0.351 e. The van der Waals surface area contributed by atoms with Crippen molar-refractivity contribution in [3.63, 3.8) is 0 Å². The molecule has 1 amide bonds. The van der Waals surface area contributed by atoms with Gasteiger partial charge in [-0.1, -0.05) is 12.1 Å². The molecule has 0 bridgehead atoms. The number of benzene rings is 1. The average Bonchev–Trinajstić information content (AvgIpc) is 2.46. The lowest BCUT2D eigenvalue weighted by Crippen LogP contribution is -2.27. The molecule has 0 saturated heterocycles. The molecule has 0 atom stereocenters. The molecule has 104 valence electrons. The normalized spacial score (nSPS) is 10.3. The second kappa shape index (κ2) is 6.38. The number of hydrogen-bond donors (Lipinski definition) is 2. The molecular weight excluding hydrogens is 279 g/mol. The van der Waals surface area contributed by atoms with E-state index < -0.39 is 11.4 Å². The Morgan fingerprint density at radius 2 is 2.00 bits per heavy atom. The first-order chi connectivity index (χ1) is 9.63. The van der Waals surface area contributed by atoms with Crippen LogP contribution in [0.5, 0.6) is 0 Å². The van der Waals surface area contributed by atoms with E-state index in [9.17, 15) is 14.0 Å². The topological polar surface area (TPSA) is 51.1 Å². The zero-order valence-electron chi connectivity index (χ0n) is 10.5. The highest BCUT2D eigenvalue weighted by Crippen LogP contribution is 2.11. The molecule has 0 unspecified atom stereocenters. The van der Waals surface area contributed by atoms with Crippen molar-refractivity contribution in [3.05, 3.63) is 64.3 Å². The monoisotopic (exact) mass is 292 g/mol. The van der Waals surface area contributed by atoms with E-state index in [0.29, 0.717) is 12.3 Å². The second-order valence-corrected chi connectivity index (χ2v) is 4.50. The molecule has 6 heteroatoms. The first-order valence-electron chi connectivity index (χ1n) is 6.00. The Hall–Kier alpha value is -2.08. The molecule has 0 spiro atoms. The summed E-state index contributed by atoms with van der Waals surface area (Å²) in [4.78, 5) is 23.6. The minimum absolute atomic E-state index is 0.112. The van der Waals surface area contributed by atoms with Crippen molar-refractivity contribution in [1.82, 2.24) is 9.88 Å². The average molecular weight is 292 g/mol. The fourth-order valence-corrected chi connectivity index (χ4v) is 1.84. The quantitative estimate of drug-likeness (QED) is 0.842. The van der Waals surface area contributed by atoms with Crippen LogP contribution in [0.3, 0.4) is 0 Å². The van der Waals surface area contributed by atoms with Gasteiger partial charge in [0.2, 0.25) is 0 Å². The Morgan fingerprint density at radius 1 is 1.25 bits per heavy atom. The number of rotatable bonds is 4. The fourth-order valence-electron chi connectivity index (χ4n) is 1.73. The highest BCUT2D eigenvalue weighted by atomic mass is 32.1. The zero-order valence-corrected chi connectivity index (χ0v) is 11.4. The maximum absolute atomic E-state index is 13.7. The lowest BCUT2D eigenvalue weighted by atomic mass is 10.2. The number of carbonyl (C=O) groups is 1. The van der Waals surface area contributed by atoms with Crippen LogP contribution in [0.1, 0.15) is 10.4 Å². The van der Waals surface area contributed by atoms with E-state index in [1.807, 2.05) is 0 Å². The summed E-state index contributed by atoms with van der Waals surface area (Å²) in [5.41, 5.74) is -0.00294. The van der Waals surface area contributed by atoms with E-state index in [-0.39, 0.29) is 17.2 Å². The maximum atomic E-state index is 13.7. The van der Waals surface area contributed by atoms with E-state index in [0.717, 1.165) is 4.57 Å². The first kappa shape index (κ1) is 14.3. The third kappa shape index (κ3) is 3.08. The second-order valence-electron chi connectivity index (χ2n) is 4.06. The molecule has 20 heavy (non-hydrogen) atoms. The Labute approximate surface area is 120 Å². The van der Waals surface area contributed by atoms with E-state index in [1.165, 1.54) is 36.5 Å². The van der Waals surface area contributed by atoms with Gasteiger partial charge >= 0.3 is 0 Å². The maximum Gasteiger partial charge on any atom is 0.255 e. The SMILES string of the molecule is O=C(NCCS)c1ccc(=O)n(-c2ccccc2F)c1. The number of carbonyl (C=O) groups excluding carboxylic acids is 1. The van der Waals surface area contributed by atoms with Crippen molar-refractivity contribution < 1.29 is 9.18 Å². The Kier molecular flexibility index (Phi) is 4.57. The van der Waals surface area contributed by atoms with Gasteiger partial charge in [0.15, 0.2) is 0 Å². The van der Waals surface area contributed by atoms with E-state index in [2.05, 4.69) is 17.9 Å². The molecule has 2 aromatic rings. The zero-order chi connectivity index (χ0) is 14.5. The van der Waals surface area contributed by atoms with Crippen molar-refractivity contribution in [1.29, 1.82) is 0 Å². The molecule has 0 radical (unpaired) electrons. The van der Waals surface area contributed by atoms with Gasteiger partial charge in [-0.2, -0.15) is 12.6 Å². The molecule has 1 aromatic heterocycles. The smallest absolute Gasteiger partial charge is 0.255 e. The molecule has 0 fully saturated rings. The number of pyridine rings is 1. The van der Waals surface area contributed by atoms with Crippen LogP contribution in [0.4, 0.5) is 4.39 Å². The summed E-state index contributed by atoms with van der Waals surface area (Å²) in [5, 5.41) is 2.64. The predicted molar refractivity (Wildman–Crippen MR) is 78.2 cm³/mol. The van der Waals surface area contributed by atoms with Crippen LogP contribution in [0.2, 0.25) is 0 Å². The first-order valence-corrected chi connectivity index (χ1v) is 6.63. The number of thiol groups is 1. The standard InChI is InChI=1S/C14H13FN2O2S/c15-11-3-1-2-4-12(11)17-9-10(5-6-13(17)18)14(19)16-7-8-20/h1-6,9,20H,7-8H2,(H,16,19). The van der Waals surface area contributed by atoms with Crippen LogP contribution >= 0.6 is 12.6 Å².